The lowest BCUT2D eigenvalue weighted by Crippen LogP contribution is -2.48. The Morgan fingerprint density at radius 2 is 1.45 bits per heavy atom. The molecule has 0 saturated carbocycles. The molecule has 6 rings (SSSR count). The van der Waals surface area contributed by atoms with Crippen LogP contribution in [0, 0.1) is 5.82 Å². The van der Waals surface area contributed by atoms with E-state index in [2.05, 4.69) is 39.4 Å². The summed E-state index contributed by atoms with van der Waals surface area (Å²) in [5.41, 5.74) is 4.25. The molecule has 0 atom stereocenters. The van der Waals surface area contributed by atoms with Crippen LogP contribution in [0.1, 0.15) is 27.0 Å². The number of amides is 2. The lowest BCUT2D eigenvalue weighted by atomic mass is 10.1. The fourth-order valence-electron chi connectivity index (χ4n) is 5.52. The molecule has 2 aliphatic rings. The van der Waals surface area contributed by atoms with Gasteiger partial charge in [-0.1, -0.05) is 84.6 Å². The fourth-order valence-corrected chi connectivity index (χ4v) is 6.56. The fraction of sp³-hybridized carbons (Fsp3) is 0.222. The number of carbonyl (C=O) groups is 2. The van der Waals surface area contributed by atoms with Crippen LogP contribution in [0.4, 0.5) is 10.1 Å². The molecule has 2 aliphatic heterocycles. The van der Waals surface area contributed by atoms with Crippen molar-refractivity contribution in [2.24, 2.45) is 0 Å². The van der Waals surface area contributed by atoms with E-state index in [1.807, 2.05) is 54.6 Å². The van der Waals surface area contributed by atoms with E-state index in [0.717, 1.165) is 55.3 Å². The van der Waals surface area contributed by atoms with Crippen molar-refractivity contribution in [3.05, 3.63) is 136 Å². The van der Waals surface area contributed by atoms with E-state index in [4.69, 9.17) is 0 Å². The quantitative estimate of drug-likeness (QED) is 0.235. The maximum Gasteiger partial charge on any atom is 0.265 e. The number of benzene rings is 4. The number of nitrogens with one attached hydrogen (secondary N) is 1. The molecule has 1 N–H and O–H groups in total. The van der Waals surface area contributed by atoms with Gasteiger partial charge in [0.2, 0.25) is 0 Å². The third-order valence-corrected chi connectivity index (χ3v) is 9.04. The van der Waals surface area contributed by atoms with Gasteiger partial charge in [0, 0.05) is 56.3 Å². The molecule has 4 aromatic carbocycles. The largest absolute Gasteiger partial charge is 0.351 e. The van der Waals surface area contributed by atoms with Gasteiger partial charge in [-0.15, -0.1) is 0 Å². The molecule has 4 aromatic rings. The van der Waals surface area contributed by atoms with Crippen molar-refractivity contribution in [3.63, 3.8) is 0 Å². The van der Waals surface area contributed by atoms with Crippen molar-refractivity contribution in [1.29, 1.82) is 0 Å². The average Bonchev–Trinajstić information content (AvgIpc) is 3.05. The molecule has 1 saturated heterocycles. The number of carbonyl (C=O) groups excluding carboxylic acids is 2. The summed E-state index contributed by atoms with van der Waals surface area (Å²) in [6, 6.07) is 31.9. The third kappa shape index (κ3) is 7.45. The van der Waals surface area contributed by atoms with Crippen LogP contribution in [0.25, 0.3) is 6.08 Å². The number of hydrogen-bond donors (Lipinski definition) is 1. The highest BCUT2D eigenvalue weighted by Crippen LogP contribution is 2.43. The summed E-state index contributed by atoms with van der Waals surface area (Å²) < 4.78 is 13.6. The highest BCUT2D eigenvalue weighted by molar-refractivity contribution is 8.04. The summed E-state index contributed by atoms with van der Waals surface area (Å²) in [5, 5.41) is 3.07. The summed E-state index contributed by atoms with van der Waals surface area (Å²) in [7, 11) is 0. The molecule has 0 aliphatic carbocycles. The van der Waals surface area contributed by atoms with Gasteiger partial charge in [0.05, 0.1) is 17.1 Å². The zero-order chi connectivity index (χ0) is 30.3. The van der Waals surface area contributed by atoms with Crippen molar-refractivity contribution in [1.82, 2.24) is 15.1 Å². The van der Waals surface area contributed by atoms with Crippen molar-refractivity contribution in [2.45, 2.75) is 18.0 Å². The summed E-state index contributed by atoms with van der Waals surface area (Å²) in [6.07, 6.45) is 1.88. The van der Waals surface area contributed by atoms with Gasteiger partial charge >= 0.3 is 0 Å². The van der Waals surface area contributed by atoms with Crippen LogP contribution in [0.2, 0.25) is 0 Å². The summed E-state index contributed by atoms with van der Waals surface area (Å²) in [4.78, 5) is 35.0. The minimum absolute atomic E-state index is 0.153. The number of rotatable bonds is 9. The first kappa shape index (κ1) is 29.8. The topological polar surface area (TPSA) is 55.9 Å². The minimum atomic E-state index is -0.327. The van der Waals surface area contributed by atoms with Gasteiger partial charge in [0.15, 0.2) is 0 Å². The second kappa shape index (κ2) is 14.0. The Hall–Kier alpha value is -4.24. The predicted molar refractivity (Wildman–Crippen MR) is 175 cm³/mol. The normalized spacial score (nSPS) is 16.6. The molecule has 44 heavy (non-hydrogen) atoms. The number of fused-ring (bicyclic) bond motifs is 1. The first-order valence-electron chi connectivity index (χ1n) is 14.9. The average molecular weight is 607 g/mol. The Balaban J connectivity index is 1.11. The van der Waals surface area contributed by atoms with Gasteiger partial charge in [-0.2, -0.15) is 0 Å². The van der Waals surface area contributed by atoms with Gasteiger partial charge in [-0.25, -0.2) is 4.39 Å². The zero-order valence-corrected chi connectivity index (χ0v) is 25.3. The van der Waals surface area contributed by atoms with Crippen molar-refractivity contribution >= 4 is 35.3 Å². The predicted octanol–water partition coefficient (Wildman–Crippen LogP) is 6.05. The van der Waals surface area contributed by atoms with Crippen LogP contribution in [-0.2, 0) is 17.9 Å². The Bertz CT molecular complexity index is 1620. The first-order valence-corrected chi connectivity index (χ1v) is 15.8. The van der Waals surface area contributed by atoms with Crippen LogP contribution in [0.5, 0.6) is 0 Å². The lowest BCUT2D eigenvalue weighted by molar-refractivity contribution is -0.114. The van der Waals surface area contributed by atoms with Crippen LogP contribution in [0.15, 0.2) is 113 Å². The molecule has 6 nitrogen and oxygen atoms in total. The summed E-state index contributed by atoms with van der Waals surface area (Å²) >= 11 is 1.40. The number of anilines is 1. The van der Waals surface area contributed by atoms with Gasteiger partial charge in [-0.3, -0.25) is 19.4 Å². The van der Waals surface area contributed by atoms with Crippen molar-refractivity contribution in [3.8, 4) is 0 Å². The van der Waals surface area contributed by atoms with E-state index < -0.39 is 0 Å². The summed E-state index contributed by atoms with van der Waals surface area (Å²) in [5.74, 6) is -0.646. The number of piperazine rings is 1. The van der Waals surface area contributed by atoms with E-state index in [9.17, 15) is 14.0 Å². The van der Waals surface area contributed by atoms with Gasteiger partial charge in [0.25, 0.3) is 11.8 Å². The molecule has 1 fully saturated rings. The molecular formula is C36H35FN4O2S. The first-order chi connectivity index (χ1) is 21.5. The molecular weight excluding hydrogens is 571 g/mol. The minimum Gasteiger partial charge on any atom is -0.351 e. The van der Waals surface area contributed by atoms with E-state index in [1.54, 1.807) is 23.1 Å². The SMILES string of the molecule is O=C(NCCN1CCN(Cc2ccccc2)CC1)c1ccc2c(c1)N(Cc1ccc(F)cc1)C(=O)C(=Cc1ccccc1)S2. The number of nitrogens with zero attached hydrogens (tertiary/aromatic N) is 3. The second-order valence-electron chi connectivity index (χ2n) is 11.1. The molecule has 0 spiro atoms. The number of hydrogen-bond acceptors (Lipinski definition) is 5. The zero-order valence-electron chi connectivity index (χ0n) is 24.5. The highest BCUT2D eigenvalue weighted by atomic mass is 32.2. The molecule has 0 radical (unpaired) electrons. The molecule has 0 bridgehead atoms. The number of thioether (sulfide) groups is 1. The second-order valence-corrected chi connectivity index (χ2v) is 12.2. The molecule has 0 aromatic heterocycles. The van der Waals surface area contributed by atoms with Gasteiger partial charge in [0.1, 0.15) is 5.82 Å². The molecule has 2 heterocycles. The Morgan fingerprint density at radius 3 is 2.18 bits per heavy atom. The molecule has 2 amide bonds. The van der Waals surface area contributed by atoms with Crippen LogP contribution in [-0.4, -0.2) is 60.9 Å². The standard InChI is InChI=1S/C36H35FN4O2S/c37-31-14-11-29(12-15-31)26-41-32-24-30(13-16-33(32)44-34(36(41)43)23-27-7-3-1-4-8-27)35(42)38-17-18-39-19-21-40(22-20-39)25-28-9-5-2-6-10-28/h1-16,23-24H,17-22,25-26H2,(H,38,42). The Kier molecular flexibility index (Phi) is 9.51. The van der Waals surface area contributed by atoms with E-state index in [1.165, 1.54) is 29.5 Å². The van der Waals surface area contributed by atoms with Crippen LogP contribution < -0.4 is 10.2 Å². The molecule has 224 valence electrons. The molecule has 8 heteroatoms. The van der Waals surface area contributed by atoms with E-state index in [-0.39, 0.29) is 24.2 Å². The van der Waals surface area contributed by atoms with Crippen molar-refractivity contribution < 1.29 is 14.0 Å². The van der Waals surface area contributed by atoms with Crippen molar-refractivity contribution in [2.75, 3.05) is 44.2 Å². The lowest BCUT2D eigenvalue weighted by Gasteiger charge is -2.34. The van der Waals surface area contributed by atoms with E-state index in [0.29, 0.717) is 22.7 Å². The maximum absolute atomic E-state index is 13.8. The third-order valence-electron chi connectivity index (χ3n) is 7.97. The van der Waals surface area contributed by atoms with E-state index >= 15 is 0 Å². The monoisotopic (exact) mass is 606 g/mol. The number of halogens is 1. The maximum atomic E-state index is 13.8. The summed E-state index contributed by atoms with van der Waals surface area (Å²) in [6.45, 7) is 6.51. The van der Waals surface area contributed by atoms with Crippen LogP contribution >= 0.6 is 11.8 Å². The van der Waals surface area contributed by atoms with Crippen LogP contribution in [0.3, 0.4) is 0 Å². The Labute approximate surface area is 262 Å². The Morgan fingerprint density at radius 1 is 0.795 bits per heavy atom. The van der Waals surface area contributed by atoms with Gasteiger partial charge in [-0.05, 0) is 53.1 Å². The van der Waals surface area contributed by atoms with Gasteiger partial charge < -0.3 is 10.2 Å². The smallest absolute Gasteiger partial charge is 0.265 e. The highest BCUT2D eigenvalue weighted by Gasteiger charge is 2.30. The molecule has 0 unspecified atom stereocenters.